The summed E-state index contributed by atoms with van der Waals surface area (Å²) in [7, 11) is 0. The summed E-state index contributed by atoms with van der Waals surface area (Å²) < 4.78 is 0. The van der Waals surface area contributed by atoms with Crippen LogP contribution >= 0.6 is 34.5 Å². The van der Waals surface area contributed by atoms with Crippen LogP contribution in [0.1, 0.15) is 10.4 Å². The molecule has 0 aliphatic rings. The Morgan fingerprint density at radius 3 is 2.71 bits per heavy atom. The molecule has 7 heteroatoms. The van der Waals surface area contributed by atoms with Crippen LogP contribution in [-0.2, 0) is 16.2 Å². The van der Waals surface area contributed by atoms with Crippen molar-refractivity contribution >= 4 is 46.7 Å². The average molecular weight is 343 g/mol. The van der Waals surface area contributed by atoms with Crippen molar-refractivity contribution in [3.8, 4) is 0 Å². The van der Waals surface area contributed by atoms with E-state index in [1.165, 1.54) is 6.21 Å². The highest BCUT2D eigenvalue weighted by atomic mass is 35.5. The summed E-state index contributed by atoms with van der Waals surface area (Å²) in [4.78, 5) is 17.5. The molecule has 0 spiro atoms. The molecule has 1 amide bonds. The highest BCUT2D eigenvalue weighted by Crippen LogP contribution is 2.22. The van der Waals surface area contributed by atoms with Gasteiger partial charge >= 0.3 is 0 Å². The lowest BCUT2D eigenvalue weighted by atomic mass is 10.2. The fourth-order valence-electron chi connectivity index (χ4n) is 1.47. The van der Waals surface area contributed by atoms with Crippen LogP contribution < -0.4 is 5.32 Å². The number of benzene rings is 1. The molecule has 1 heterocycles. The predicted octanol–water partition coefficient (Wildman–Crippen LogP) is 3.72. The van der Waals surface area contributed by atoms with E-state index in [4.69, 9.17) is 28.0 Å². The number of hydrogen-bond donors (Lipinski definition) is 1. The van der Waals surface area contributed by atoms with Gasteiger partial charge in [0, 0.05) is 10.4 Å². The van der Waals surface area contributed by atoms with Crippen molar-refractivity contribution in [1.82, 2.24) is 5.32 Å². The first-order chi connectivity index (χ1) is 10.2. The first-order valence-electron chi connectivity index (χ1n) is 6.05. The van der Waals surface area contributed by atoms with Gasteiger partial charge in [0.1, 0.15) is 0 Å². The van der Waals surface area contributed by atoms with Crippen molar-refractivity contribution in [3.05, 3.63) is 56.2 Å². The molecule has 0 saturated heterocycles. The van der Waals surface area contributed by atoms with E-state index in [9.17, 15) is 4.79 Å². The Morgan fingerprint density at radius 2 is 2.05 bits per heavy atom. The second-order valence-corrected chi connectivity index (χ2v) is 5.85. The molecule has 1 N–H and O–H groups in total. The first kappa shape index (κ1) is 15.8. The van der Waals surface area contributed by atoms with Crippen LogP contribution in [0.2, 0.25) is 10.0 Å². The normalized spacial score (nSPS) is 10.8. The molecule has 0 unspecified atom stereocenters. The van der Waals surface area contributed by atoms with E-state index in [2.05, 4.69) is 10.5 Å². The van der Waals surface area contributed by atoms with E-state index >= 15 is 0 Å². The second-order valence-electron chi connectivity index (χ2n) is 4.00. The maximum absolute atomic E-state index is 11.5. The van der Waals surface area contributed by atoms with Crippen LogP contribution in [0.5, 0.6) is 0 Å². The summed E-state index contributed by atoms with van der Waals surface area (Å²) in [6.45, 7) is 0.323. The van der Waals surface area contributed by atoms with E-state index in [1.807, 2.05) is 17.5 Å². The van der Waals surface area contributed by atoms with Gasteiger partial charge in [0.05, 0.1) is 22.8 Å². The number of amides is 1. The molecule has 2 aromatic rings. The van der Waals surface area contributed by atoms with Crippen LogP contribution in [0.3, 0.4) is 0 Å². The maximum atomic E-state index is 11.5. The lowest BCUT2D eigenvalue weighted by molar-refractivity contribution is -0.125. The summed E-state index contributed by atoms with van der Waals surface area (Å²) in [6, 6.07) is 9.01. The van der Waals surface area contributed by atoms with Crippen LogP contribution in [0.15, 0.2) is 40.9 Å². The van der Waals surface area contributed by atoms with Gasteiger partial charge in [-0.05, 0) is 23.6 Å². The Morgan fingerprint density at radius 1 is 1.29 bits per heavy atom. The smallest absolute Gasteiger partial charge is 0.261 e. The summed E-state index contributed by atoms with van der Waals surface area (Å²) in [5, 5.41) is 9.32. The highest BCUT2D eigenvalue weighted by molar-refractivity contribution is 7.09. The van der Waals surface area contributed by atoms with E-state index in [0.717, 1.165) is 4.88 Å². The minimum absolute atomic E-state index is 0.163. The van der Waals surface area contributed by atoms with Gasteiger partial charge in [-0.1, -0.05) is 40.5 Å². The number of nitrogens with one attached hydrogen (secondary N) is 1. The molecule has 0 aliphatic carbocycles. The third-order valence-corrected chi connectivity index (χ3v) is 4.03. The van der Waals surface area contributed by atoms with E-state index < -0.39 is 0 Å². The Hall–Kier alpha value is -1.56. The third kappa shape index (κ3) is 5.04. The Kier molecular flexibility index (Phi) is 6.04. The minimum atomic E-state index is -0.245. The van der Waals surface area contributed by atoms with E-state index in [-0.39, 0.29) is 12.5 Å². The SMILES string of the molecule is O=C(CON=Cc1c(Cl)cccc1Cl)NCc1cccs1. The molecule has 110 valence electrons. The van der Waals surface area contributed by atoms with Gasteiger partial charge in [-0.2, -0.15) is 0 Å². The van der Waals surface area contributed by atoms with Crippen molar-refractivity contribution in [3.63, 3.8) is 0 Å². The summed E-state index contributed by atoms with van der Waals surface area (Å²) in [6.07, 6.45) is 1.39. The van der Waals surface area contributed by atoms with E-state index in [1.54, 1.807) is 29.5 Å². The second kappa shape index (κ2) is 8.02. The van der Waals surface area contributed by atoms with Crippen molar-refractivity contribution in [1.29, 1.82) is 0 Å². The highest BCUT2D eigenvalue weighted by Gasteiger charge is 2.04. The topological polar surface area (TPSA) is 50.7 Å². The molecule has 0 radical (unpaired) electrons. The van der Waals surface area contributed by atoms with E-state index in [0.29, 0.717) is 22.2 Å². The van der Waals surface area contributed by atoms with Crippen LogP contribution in [0.4, 0.5) is 0 Å². The molecule has 2 rings (SSSR count). The summed E-state index contributed by atoms with van der Waals surface area (Å²) >= 11 is 13.5. The monoisotopic (exact) mass is 342 g/mol. The van der Waals surface area contributed by atoms with Gasteiger partial charge in [0.25, 0.3) is 5.91 Å². The van der Waals surface area contributed by atoms with Gasteiger partial charge in [-0.3, -0.25) is 4.79 Å². The number of rotatable bonds is 6. The molecule has 0 bridgehead atoms. The number of halogens is 2. The van der Waals surface area contributed by atoms with Crippen molar-refractivity contribution in [2.45, 2.75) is 6.54 Å². The number of nitrogens with zero attached hydrogens (tertiary/aromatic N) is 1. The number of hydrogen-bond acceptors (Lipinski definition) is 4. The lowest BCUT2D eigenvalue weighted by Crippen LogP contribution is -2.26. The van der Waals surface area contributed by atoms with Crippen LogP contribution in [0.25, 0.3) is 0 Å². The molecular formula is C14H12Cl2N2O2S. The number of oxime groups is 1. The van der Waals surface area contributed by atoms with Gasteiger partial charge in [0.2, 0.25) is 0 Å². The lowest BCUT2D eigenvalue weighted by Gasteiger charge is -2.03. The fourth-order valence-corrected chi connectivity index (χ4v) is 2.61. The molecule has 1 aromatic carbocycles. The predicted molar refractivity (Wildman–Crippen MR) is 86.2 cm³/mol. The summed E-state index contributed by atoms with van der Waals surface area (Å²) in [5.41, 5.74) is 0.555. The minimum Gasteiger partial charge on any atom is -0.386 e. The standard InChI is InChI=1S/C14H12Cl2N2O2S/c15-12-4-1-5-13(16)11(12)8-18-20-9-14(19)17-7-10-3-2-6-21-10/h1-6,8H,7,9H2,(H,17,19). The Bertz CT molecular complexity index is 610. The molecule has 0 fully saturated rings. The summed E-state index contributed by atoms with van der Waals surface area (Å²) in [5.74, 6) is -0.245. The molecular weight excluding hydrogens is 331 g/mol. The van der Waals surface area contributed by atoms with Gasteiger partial charge in [-0.25, -0.2) is 0 Å². The van der Waals surface area contributed by atoms with Gasteiger partial charge in [-0.15, -0.1) is 11.3 Å². The molecule has 0 atom stereocenters. The first-order valence-corrected chi connectivity index (χ1v) is 7.69. The van der Waals surface area contributed by atoms with Crippen molar-refractivity contribution in [2.75, 3.05) is 6.61 Å². The number of thiophene rings is 1. The quantitative estimate of drug-likeness (QED) is 0.642. The zero-order chi connectivity index (χ0) is 15.1. The maximum Gasteiger partial charge on any atom is 0.261 e. The molecule has 1 aromatic heterocycles. The Labute approximate surface area is 136 Å². The van der Waals surface area contributed by atoms with Crippen LogP contribution in [0, 0.1) is 0 Å². The molecule has 0 aliphatic heterocycles. The number of carbonyl (C=O) groups excluding carboxylic acids is 1. The molecule has 0 saturated carbocycles. The fraction of sp³-hybridized carbons (Fsp3) is 0.143. The average Bonchev–Trinajstić information content (AvgIpc) is 2.97. The zero-order valence-corrected chi connectivity index (χ0v) is 13.2. The number of carbonyl (C=O) groups is 1. The van der Waals surface area contributed by atoms with Crippen LogP contribution in [-0.4, -0.2) is 18.7 Å². The molecule has 4 nitrogen and oxygen atoms in total. The zero-order valence-electron chi connectivity index (χ0n) is 10.9. The Balaban J connectivity index is 1.76. The van der Waals surface area contributed by atoms with Gasteiger partial charge < -0.3 is 10.2 Å². The third-order valence-electron chi connectivity index (χ3n) is 2.49. The largest absolute Gasteiger partial charge is 0.386 e. The van der Waals surface area contributed by atoms with Crippen molar-refractivity contribution < 1.29 is 9.63 Å². The van der Waals surface area contributed by atoms with Crippen molar-refractivity contribution in [2.24, 2.45) is 5.16 Å². The van der Waals surface area contributed by atoms with Gasteiger partial charge in [0.15, 0.2) is 6.61 Å². The molecule has 21 heavy (non-hydrogen) atoms.